The van der Waals surface area contributed by atoms with E-state index < -0.39 is 11.6 Å². The summed E-state index contributed by atoms with van der Waals surface area (Å²) in [6, 6.07) is 8.03. The van der Waals surface area contributed by atoms with Gasteiger partial charge >= 0.3 is 0 Å². The van der Waals surface area contributed by atoms with Gasteiger partial charge in [-0.05, 0) is 23.6 Å². The molecule has 2 aromatic rings. The van der Waals surface area contributed by atoms with Crippen molar-refractivity contribution in [3.05, 3.63) is 57.8 Å². The van der Waals surface area contributed by atoms with E-state index in [1.54, 1.807) is 11.3 Å². The molecule has 1 N–H and O–H groups in total. The summed E-state index contributed by atoms with van der Waals surface area (Å²) >= 11 is 1.69. The summed E-state index contributed by atoms with van der Waals surface area (Å²) in [6.45, 7) is 5.10. The van der Waals surface area contributed by atoms with Crippen LogP contribution in [0.15, 0.2) is 35.7 Å². The highest BCUT2D eigenvalue weighted by molar-refractivity contribution is 7.10. The molecular weight excluding hydrogens is 264 g/mol. The van der Waals surface area contributed by atoms with Crippen LogP contribution in [0.2, 0.25) is 0 Å². The number of nitrogens with one attached hydrogen (secondary N) is 1. The maximum Gasteiger partial charge on any atom is 0.130 e. The first-order valence-corrected chi connectivity index (χ1v) is 7.06. The van der Waals surface area contributed by atoms with E-state index in [9.17, 15) is 8.78 Å². The van der Waals surface area contributed by atoms with Crippen LogP contribution in [0.5, 0.6) is 0 Å². The third-order valence-corrected chi connectivity index (χ3v) is 4.35. The third kappa shape index (κ3) is 3.39. The van der Waals surface area contributed by atoms with Crippen LogP contribution in [0.4, 0.5) is 8.78 Å². The summed E-state index contributed by atoms with van der Waals surface area (Å²) in [7, 11) is 0. The minimum atomic E-state index is -0.499. The summed E-state index contributed by atoms with van der Waals surface area (Å²) < 4.78 is 26.9. The maximum atomic E-state index is 13.5. The molecule has 0 saturated heterocycles. The molecule has 19 heavy (non-hydrogen) atoms. The second-order valence-corrected chi connectivity index (χ2v) is 6.11. The van der Waals surface area contributed by atoms with Crippen molar-refractivity contribution in [3.8, 4) is 0 Å². The van der Waals surface area contributed by atoms with Gasteiger partial charge in [-0.1, -0.05) is 26.0 Å². The van der Waals surface area contributed by atoms with Crippen molar-refractivity contribution in [2.75, 3.05) is 6.54 Å². The van der Waals surface area contributed by atoms with E-state index in [2.05, 4.69) is 25.2 Å². The zero-order valence-corrected chi connectivity index (χ0v) is 11.9. The molecule has 0 fully saturated rings. The molecule has 4 heteroatoms. The summed E-state index contributed by atoms with van der Waals surface area (Å²) in [4.78, 5) is 1.26. The van der Waals surface area contributed by atoms with Gasteiger partial charge in [-0.3, -0.25) is 0 Å². The van der Waals surface area contributed by atoms with Crippen molar-refractivity contribution in [1.82, 2.24) is 5.32 Å². The fraction of sp³-hybridized carbons (Fsp3) is 0.333. The normalized spacial score (nSPS) is 11.8. The van der Waals surface area contributed by atoms with Gasteiger partial charge in [0.1, 0.15) is 11.6 Å². The molecule has 0 aliphatic heterocycles. The fourth-order valence-corrected chi connectivity index (χ4v) is 2.80. The standard InChI is InChI=1S/C15H17F2NS/c1-15(2,14-7-4-8-19-14)10-18-9-11-12(16)5-3-6-13(11)17/h3-8,18H,9-10H2,1-2H3. The van der Waals surface area contributed by atoms with Crippen molar-refractivity contribution < 1.29 is 8.78 Å². The predicted molar refractivity (Wildman–Crippen MR) is 75.4 cm³/mol. The molecule has 1 heterocycles. The van der Waals surface area contributed by atoms with E-state index >= 15 is 0 Å². The highest BCUT2D eigenvalue weighted by Gasteiger charge is 2.21. The number of hydrogen-bond donors (Lipinski definition) is 1. The fourth-order valence-electron chi connectivity index (χ4n) is 1.95. The van der Waals surface area contributed by atoms with E-state index in [0.717, 1.165) is 0 Å². The molecule has 0 aliphatic carbocycles. The molecule has 0 saturated carbocycles. The number of hydrogen-bond acceptors (Lipinski definition) is 2. The van der Waals surface area contributed by atoms with Crippen LogP contribution >= 0.6 is 11.3 Å². The van der Waals surface area contributed by atoms with Gasteiger partial charge in [0, 0.05) is 28.9 Å². The van der Waals surface area contributed by atoms with E-state index in [1.165, 1.54) is 23.1 Å². The second-order valence-electron chi connectivity index (χ2n) is 5.16. The third-order valence-electron chi connectivity index (χ3n) is 3.12. The van der Waals surface area contributed by atoms with E-state index in [-0.39, 0.29) is 17.5 Å². The van der Waals surface area contributed by atoms with Crippen LogP contribution in [0.25, 0.3) is 0 Å². The molecule has 0 radical (unpaired) electrons. The molecule has 2 rings (SSSR count). The molecule has 0 unspecified atom stereocenters. The van der Waals surface area contributed by atoms with E-state index in [1.807, 2.05) is 11.4 Å². The largest absolute Gasteiger partial charge is 0.312 e. The minimum Gasteiger partial charge on any atom is -0.312 e. The first-order chi connectivity index (χ1) is 9.00. The Labute approximate surface area is 116 Å². The molecule has 1 aromatic carbocycles. The Bertz CT molecular complexity index is 515. The Balaban J connectivity index is 1.97. The van der Waals surface area contributed by atoms with Crippen LogP contribution in [-0.2, 0) is 12.0 Å². The first kappa shape index (κ1) is 14.2. The lowest BCUT2D eigenvalue weighted by atomic mass is 9.91. The Hall–Kier alpha value is -1.26. The van der Waals surface area contributed by atoms with Gasteiger partial charge in [0.2, 0.25) is 0 Å². The molecule has 1 aromatic heterocycles. The van der Waals surface area contributed by atoms with E-state index in [4.69, 9.17) is 0 Å². The SMILES string of the molecule is CC(C)(CNCc1c(F)cccc1F)c1cccs1. The Morgan fingerprint density at radius 1 is 1.11 bits per heavy atom. The molecule has 102 valence electrons. The van der Waals surface area contributed by atoms with Crippen LogP contribution in [0, 0.1) is 11.6 Å². The molecule has 0 amide bonds. The molecule has 0 bridgehead atoms. The second kappa shape index (κ2) is 5.80. The number of thiophene rings is 1. The van der Waals surface area contributed by atoms with Gasteiger partial charge in [-0.15, -0.1) is 11.3 Å². The number of rotatable bonds is 5. The first-order valence-electron chi connectivity index (χ1n) is 6.18. The summed E-state index contributed by atoms with van der Waals surface area (Å²) in [5.41, 5.74) is 0.0556. The van der Waals surface area contributed by atoms with Crippen molar-refractivity contribution in [2.24, 2.45) is 0 Å². The number of halogens is 2. The average molecular weight is 281 g/mol. The van der Waals surface area contributed by atoms with Crippen molar-refractivity contribution in [3.63, 3.8) is 0 Å². The van der Waals surface area contributed by atoms with Crippen LogP contribution in [-0.4, -0.2) is 6.54 Å². The van der Waals surface area contributed by atoms with Crippen LogP contribution in [0.3, 0.4) is 0 Å². The highest BCUT2D eigenvalue weighted by Crippen LogP contribution is 2.26. The van der Waals surface area contributed by atoms with E-state index in [0.29, 0.717) is 6.54 Å². The van der Waals surface area contributed by atoms with Crippen molar-refractivity contribution in [1.29, 1.82) is 0 Å². The Morgan fingerprint density at radius 2 is 1.79 bits per heavy atom. The smallest absolute Gasteiger partial charge is 0.130 e. The van der Waals surface area contributed by atoms with Gasteiger partial charge in [-0.25, -0.2) is 8.78 Å². The zero-order chi connectivity index (χ0) is 13.9. The average Bonchev–Trinajstić information content (AvgIpc) is 2.87. The lowest BCUT2D eigenvalue weighted by molar-refractivity contribution is 0.461. The number of benzene rings is 1. The van der Waals surface area contributed by atoms with Crippen LogP contribution in [0.1, 0.15) is 24.3 Å². The quantitative estimate of drug-likeness (QED) is 0.870. The van der Waals surface area contributed by atoms with Crippen molar-refractivity contribution >= 4 is 11.3 Å². The zero-order valence-electron chi connectivity index (χ0n) is 11.0. The lowest BCUT2D eigenvalue weighted by Crippen LogP contribution is -2.32. The molecular formula is C15H17F2NS. The van der Waals surface area contributed by atoms with Gasteiger partial charge in [0.25, 0.3) is 0 Å². The Kier molecular flexibility index (Phi) is 4.32. The van der Waals surface area contributed by atoms with Crippen molar-refractivity contribution in [2.45, 2.75) is 25.8 Å². The van der Waals surface area contributed by atoms with Gasteiger partial charge in [0.15, 0.2) is 0 Å². The monoisotopic (exact) mass is 281 g/mol. The maximum absolute atomic E-state index is 13.5. The minimum absolute atomic E-state index is 0.0457. The molecule has 0 atom stereocenters. The highest BCUT2D eigenvalue weighted by atomic mass is 32.1. The lowest BCUT2D eigenvalue weighted by Gasteiger charge is -2.24. The molecule has 0 aliphatic rings. The topological polar surface area (TPSA) is 12.0 Å². The van der Waals surface area contributed by atoms with Gasteiger partial charge < -0.3 is 5.32 Å². The molecule has 1 nitrogen and oxygen atoms in total. The Morgan fingerprint density at radius 3 is 2.37 bits per heavy atom. The van der Waals surface area contributed by atoms with Gasteiger partial charge in [-0.2, -0.15) is 0 Å². The summed E-state index contributed by atoms with van der Waals surface area (Å²) in [6.07, 6.45) is 0. The summed E-state index contributed by atoms with van der Waals surface area (Å²) in [5.74, 6) is -0.997. The molecule has 0 spiro atoms. The predicted octanol–water partition coefficient (Wildman–Crippen LogP) is 4.09. The van der Waals surface area contributed by atoms with Gasteiger partial charge in [0.05, 0.1) is 0 Å². The van der Waals surface area contributed by atoms with Crippen LogP contribution < -0.4 is 5.32 Å². The summed E-state index contributed by atoms with van der Waals surface area (Å²) in [5, 5.41) is 5.17.